The molecule has 20 heavy (non-hydrogen) atoms. The Labute approximate surface area is 130 Å². The van der Waals surface area contributed by atoms with Crippen LogP contribution in [0.4, 0.5) is 5.69 Å². The maximum Gasteiger partial charge on any atom is 0.268 e. The fourth-order valence-corrected chi connectivity index (χ4v) is 3.46. The van der Waals surface area contributed by atoms with Crippen molar-refractivity contribution in [1.82, 2.24) is 0 Å². The SMILES string of the molecule is COc1cccc(N(C(=O)c2ccc(Br)s2)C2CC2)c1. The summed E-state index contributed by atoms with van der Waals surface area (Å²) in [4.78, 5) is 15.4. The molecule has 2 aromatic rings. The largest absolute Gasteiger partial charge is 0.497 e. The molecule has 1 saturated carbocycles. The molecule has 1 aliphatic rings. The third-order valence-corrected chi connectivity index (χ3v) is 4.86. The van der Waals surface area contributed by atoms with Gasteiger partial charge in [0.25, 0.3) is 5.91 Å². The average Bonchev–Trinajstić information content (AvgIpc) is 3.19. The Bertz CT molecular complexity index is 636. The minimum atomic E-state index is 0.0662. The number of benzene rings is 1. The van der Waals surface area contributed by atoms with E-state index >= 15 is 0 Å². The van der Waals surface area contributed by atoms with Gasteiger partial charge in [-0.25, -0.2) is 0 Å². The van der Waals surface area contributed by atoms with Crippen LogP contribution in [0.1, 0.15) is 22.5 Å². The number of amides is 1. The summed E-state index contributed by atoms with van der Waals surface area (Å²) in [7, 11) is 1.64. The van der Waals surface area contributed by atoms with Gasteiger partial charge in [-0.2, -0.15) is 0 Å². The molecular weight excluding hydrogens is 338 g/mol. The molecule has 0 saturated heterocycles. The molecule has 0 bridgehead atoms. The highest BCUT2D eigenvalue weighted by atomic mass is 79.9. The zero-order chi connectivity index (χ0) is 14.1. The summed E-state index contributed by atoms with van der Waals surface area (Å²) in [6, 6.07) is 11.8. The van der Waals surface area contributed by atoms with Gasteiger partial charge in [-0.05, 0) is 53.0 Å². The van der Waals surface area contributed by atoms with Gasteiger partial charge in [0.05, 0.1) is 15.8 Å². The lowest BCUT2D eigenvalue weighted by Crippen LogP contribution is -2.32. The van der Waals surface area contributed by atoms with E-state index in [0.29, 0.717) is 6.04 Å². The highest BCUT2D eigenvalue weighted by Crippen LogP contribution is 2.35. The smallest absolute Gasteiger partial charge is 0.268 e. The van der Waals surface area contributed by atoms with E-state index in [1.807, 2.05) is 41.3 Å². The first-order valence-electron chi connectivity index (χ1n) is 6.42. The number of anilines is 1. The number of carbonyl (C=O) groups is 1. The van der Waals surface area contributed by atoms with E-state index < -0.39 is 0 Å². The van der Waals surface area contributed by atoms with Crippen LogP contribution in [-0.4, -0.2) is 19.1 Å². The van der Waals surface area contributed by atoms with E-state index in [1.54, 1.807) is 7.11 Å². The number of thiophene rings is 1. The van der Waals surface area contributed by atoms with Crippen LogP contribution in [0, 0.1) is 0 Å². The fraction of sp³-hybridized carbons (Fsp3) is 0.267. The number of methoxy groups -OCH3 is 1. The molecule has 1 heterocycles. The molecule has 0 N–H and O–H groups in total. The normalized spacial score (nSPS) is 14.1. The molecular formula is C15H14BrNO2S. The van der Waals surface area contributed by atoms with Crippen molar-refractivity contribution in [1.29, 1.82) is 0 Å². The number of halogens is 1. The molecule has 1 aliphatic carbocycles. The predicted molar refractivity (Wildman–Crippen MR) is 84.8 cm³/mol. The van der Waals surface area contributed by atoms with Gasteiger partial charge < -0.3 is 9.64 Å². The first-order chi connectivity index (χ1) is 9.69. The molecule has 1 aromatic carbocycles. The summed E-state index contributed by atoms with van der Waals surface area (Å²) in [5.74, 6) is 0.838. The second kappa shape index (κ2) is 5.58. The molecule has 5 heteroatoms. The van der Waals surface area contributed by atoms with E-state index in [4.69, 9.17) is 4.74 Å². The lowest BCUT2D eigenvalue weighted by atomic mass is 10.2. The van der Waals surface area contributed by atoms with Crippen LogP contribution in [0.5, 0.6) is 5.75 Å². The van der Waals surface area contributed by atoms with Gasteiger partial charge in [0.1, 0.15) is 5.75 Å². The van der Waals surface area contributed by atoms with Gasteiger partial charge in [-0.3, -0.25) is 4.79 Å². The number of nitrogens with zero attached hydrogens (tertiary/aromatic N) is 1. The van der Waals surface area contributed by atoms with E-state index in [0.717, 1.165) is 32.9 Å². The molecule has 0 atom stereocenters. The van der Waals surface area contributed by atoms with Crippen molar-refractivity contribution >= 4 is 38.9 Å². The van der Waals surface area contributed by atoms with Crippen LogP contribution in [-0.2, 0) is 0 Å². The van der Waals surface area contributed by atoms with Crippen molar-refractivity contribution in [3.8, 4) is 5.75 Å². The van der Waals surface area contributed by atoms with Crippen LogP contribution in [0.25, 0.3) is 0 Å². The third-order valence-electron chi connectivity index (χ3n) is 3.25. The van der Waals surface area contributed by atoms with Gasteiger partial charge in [0, 0.05) is 17.8 Å². The van der Waals surface area contributed by atoms with Gasteiger partial charge in [-0.15, -0.1) is 11.3 Å². The van der Waals surface area contributed by atoms with E-state index in [1.165, 1.54) is 11.3 Å². The second-order valence-corrected chi connectivity index (χ2v) is 7.17. The minimum absolute atomic E-state index is 0.0662. The standard InChI is InChI=1S/C15H14BrNO2S/c1-19-12-4-2-3-11(9-12)17(10-5-6-10)15(18)13-7-8-14(16)20-13/h2-4,7-10H,5-6H2,1H3. The number of rotatable bonds is 4. The zero-order valence-electron chi connectivity index (χ0n) is 11.0. The molecule has 1 aromatic heterocycles. The molecule has 3 nitrogen and oxygen atoms in total. The van der Waals surface area contributed by atoms with Gasteiger partial charge in [-0.1, -0.05) is 6.07 Å². The van der Waals surface area contributed by atoms with Crippen LogP contribution in [0.15, 0.2) is 40.2 Å². The highest BCUT2D eigenvalue weighted by molar-refractivity contribution is 9.11. The van der Waals surface area contributed by atoms with Gasteiger partial charge in [0.2, 0.25) is 0 Å². The summed E-state index contributed by atoms with van der Waals surface area (Å²) in [5.41, 5.74) is 0.904. The first kappa shape index (κ1) is 13.6. The molecule has 1 amide bonds. The van der Waals surface area contributed by atoms with Crippen molar-refractivity contribution in [3.05, 3.63) is 45.1 Å². The number of ether oxygens (including phenoxy) is 1. The molecule has 0 unspecified atom stereocenters. The van der Waals surface area contributed by atoms with Gasteiger partial charge in [0.15, 0.2) is 0 Å². The van der Waals surface area contributed by atoms with E-state index in [2.05, 4.69) is 15.9 Å². The Morgan fingerprint density at radius 3 is 2.75 bits per heavy atom. The third kappa shape index (κ3) is 2.74. The van der Waals surface area contributed by atoms with Crippen LogP contribution in [0.2, 0.25) is 0 Å². The lowest BCUT2D eigenvalue weighted by Gasteiger charge is -2.22. The summed E-state index contributed by atoms with van der Waals surface area (Å²) in [6.45, 7) is 0. The van der Waals surface area contributed by atoms with Crippen molar-refractivity contribution in [2.45, 2.75) is 18.9 Å². The van der Waals surface area contributed by atoms with E-state index in [9.17, 15) is 4.79 Å². The molecule has 0 radical (unpaired) electrons. The topological polar surface area (TPSA) is 29.5 Å². The monoisotopic (exact) mass is 351 g/mol. The summed E-state index contributed by atoms with van der Waals surface area (Å²) in [6.07, 6.45) is 2.13. The van der Waals surface area contributed by atoms with E-state index in [-0.39, 0.29) is 5.91 Å². The summed E-state index contributed by atoms with van der Waals surface area (Å²) in [5, 5.41) is 0. The second-order valence-electron chi connectivity index (χ2n) is 4.71. The van der Waals surface area contributed by atoms with Gasteiger partial charge >= 0.3 is 0 Å². The van der Waals surface area contributed by atoms with Crippen LogP contribution >= 0.6 is 27.3 Å². The Balaban J connectivity index is 1.94. The first-order valence-corrected chi connectivity index (χ1v) is 8.03. The maximum absolute atomic E-state index is 12.7. The number of hydrogen-bond donors (Lipinski definition) is 0. The maximum atomic E-state index is 12.7. The highest BCUT2D eigenvalue weighted by Gasteiger charge is 2.34. The number of hydrogen-bond acceptors (Lipinski definition) is 3. The lowest BCUT2D eigenvalue weighted by molar-refractivity contribution is 0.0989. The Morgan fingerprint density at radius 1 is 1.35 bits per heavy atom. The van der Waals surface area contributed by atoms with Crippen LogP contribution < -0.4 is 9.64 Å². The predicted octanol–water partition coefficient (Wildman–Crippen LogP) is 4.33. The fourth-order valence-electron chi connectivity index (χ4n) is 2.13. The number of carbonyl (C=O) groups excluding carboxylic acids is 1. The average molecular weight is 352 g/mol. The molecule has 3 rings (SSSR count). The summed E-state index contributed by atoms with van der Waals surface area (Å²) < 4.78 is 6.23. The van der Waals surface area contributed by atoms with Crippen molar-refractivity contribution in [2.75, 3.05) is 12.0 Å². The van der Waals surface area contributed by atoms with Crippen molar-refractivity contribution in [3.63, 3.8) is 0 Å². The van der Waals surface area contributed by atoms with Crippen LogP contribution in [0.3, 0.4) is 0 Å². The van der Waals surface area contributed by atoms with Crippen molar-refractivity contribution in [2.24, 2.45) is 0 Å². The minimum Gasteiger partial charge on any atom is -0.497 e. The summed E-state index contributed by atoms with van der Waals surface area (Å²) >= 11 is 4.88. The Hall–Kier alpha value is -1.33. The molecule has 0 aliphatic heterocycles. The van der Waals surface area contributed by atoms with Crippen molar-refractivity contribution < 1.29 is 9.53 Å². The Kier molecular flexibility index (Phi) is 3.81. The molecule has 1 fully saturated rings. The quantitative estimate of drug-likeness (QED) is 0.820. The molecule has 0 spiro atoms. The molecule has 104 valence electrons. The zero-order valence-corrected chi connectivity index (χ0v) is 13.4. The Morgan fingerprint density at radius 2 is 2.15 bits per heavy atom.